The zero-order valence-corrected chi connectivity index (χ0v) is 19.2. The van der Waals surface area contributed by atoms with Gasteiger partial charge in [0.15, 0.2) is 11.0 Å². The Hall–Kier alpha value is -3.13. The highest BCUT2D eigenvalue weighted by Crippen LogP contribution is 2.22. The molecule has 1 aliphatic heterocycles. The fraction of sp³-hybridized carbons (Fsp3) is 0.333. The van der Waals surface area contributed by atoms with Crippen LogP contribution in [-0.2, 0) is 30.8 Å². The average Bonchev–Trinajstić information content (AvgIpc) is 3.22. The summed E-state index contributed by atoms with van der Waals surface area (Å²) >= 11 is 1.39. The van der Waals surface area contributed by atoms with Crippen LogP contribution in [0, 0.1) is 6.92 Å². The number of hydrogen-bond donors (Lipinski definition) is 1. The molecule has 0 spiro atoms. The lowest BCUT2D eigenvalue weighted by Crippen LogP contribution is -2.37. The van der Waals surface area contributed by atoms with Crippen LogP contribution in [0.2, 0.25) is 0 Å². The predicted octanol–water partition coefficient (Wildman–Crippen LogP) is 3.21. The summed E-state index contributed by atoms with van der Waals surface area (Å²) in [6.45, 7) is 6.31. The Labute approximate surface area is 192 Å². The Bertz CT molecular complexity index is 1130. The maximum Gasteiger partial charge on any atom is 0.251 e. The Morgan fingerprint density at radius 1 is 1.09 bits per heavy atom. The Morgan fingerprint density at radius 3 is 2.69 bits per heavy atom. The van der Waals surface area contributed by atoms with Gasteiger partial charge in [-0.15, -0.1) is 10.2 Å². The van der Waals surface area contributed by atoms with Crippen LogP contribution in [0.4, 0.5) is 0 Å². The monoisotopic (exact) mass is 449 g/mol. The average molecular weight is 450 g/mol. The molecule has 0 bridgehead atoms. The van der Waals surface area contributed by atoms with E-state index in [4.69, 9.17) is 0 Å². The minimum absolute atomic E-state index is 0.101. The molecule has 4 rings (SSSR count). The number of nitrogens with zero attached hydrogens (tertiary/aromatic N) is 4. The standard InChI is InChI=1S/C24H27N5O2S/c1-3-29-21(14-25-23(31)19-10-6-7-17(2)13-19)26-27-24(29)32-16-22(30)28-12-11-18-8-4-5-9-20(18)15-28/h4-10,13H,3,11-12,14-16H2,1-2H3,(H,25,31). The van der Waals surface area contributed by atoms with Crippen molar-refractivity contribution < 1.29 is 9.59 Å². The number of rotatable bonds is 7. The first kappa shape index (κ1) is 22.1. The van der Waals surface area contributed by atoms with Gasteiger partial charge in [0.25, 0.3) is 5.91 Å². The van der Waals surface area contributed by atoms with E-state index in [0.717, 1.165) is 18.5 Å². The first-order valence-corrected chi connectivity index (χ1v) is 11.8. The topological polar surface area (TPSA) is 80.1 Å². The molecule has 3 aromatic rings. The van der Waals surface area contributed by atoms with Gasteiger partial charge in [-0.3, -0.25) is 9.59 Å². The second-order valence-corrected chi connectivity index (χ2v) is 8.76. The van der Waals surface area contributed by atoms with Crippen LogP contribution in [0.3, 0.4) is 0 Å². The normalized spacial score (nSPS) is 13.0. The van der Waals surface area contributed by atoms with E-state index in [1.54, 1.807) is 6.07 Å². The van der Waals surface area contributed by atoms with Crippen molar-refractivity contribution in [2.75, 3.05) is 12.3 Å². The van der Waals surface area contributed by atoms with E-state index < -0.39 is 0 Å². The first-order chi connectivity index (χ1) is 15.5. The lowest BCUT2D eigenvalue weighted by molar-refractivity contribution is -0.129. The molecule has 0 fully saturated rings. The molecule has 32 heavy (non-hydrogen) atoms. The van der Waals surface area contributed by atoms with E-state index in [1.807, 2.05) is 53.6 Å². The van der Waals surface area contributed by atoms with Crippen LogP contribution in [0.5, 0.6) is 0 Å². The third-order valence-electron chi connectivity index (χ3n) is 5.61. The van der Waals surface area contributed by atoms with Crippen molar-refractivity contribution in [2.45, 2.75) is 45.1 Å². The maximum atomic E-state index is 12.8. The summed E-state index contributed by atoms with van der Waals surface area (Å²) in [6.07, 6.45) is 0.891. The molecular weight excluding hydrogens is 422 g/mol. The second-order valence-electron chi connectivity index (χ2n) is 7.82. The third kappa shape index (κ3) is 5.02. The van der Waals surface area contributed by atoms with Crippen molar-refractivity contribution >= 4 is 23.6 Å². The van der Waals surface area contributed by atoms with Gasteiger partial charge in [-0.05, 0) is 43.5 Å². The fourth-order valence-electron chi connectivity index (χ4n) is 3.85. The molecule has 1 aromatic heterocycles. The number of fused-ring (bicyclic) bond motifs is 1. The SMILES string of the molecule is CCn1c(CNC(=O)c2cccc(C)c2)nnc1SCC(=O)N1CCc2ccccc2C1. The van der Waals surface area contributed by atoms with Crippen LogP contribution in [-0.4, -0.2) is 43.8 Å². The van der Waals surface area contributed by atoms with Gasteiger partial charge in [-0.25, -0.2) is 0 Å². The molecule has 1 aliphatic rings. The van der Waals surface area contributed by atoms with Crippen molar-refractivity contribution in [1.82, 2.24) is 25.0 Å². The summed E-state index contributed by atoms with van der Waals surface area (Å²) in [5, 5.41) is 12.1. The molecular formula is C24H27N5O2S. The van der Waals surface area contributed by atoms with Crippen molar-refractivity contribution in [3.05, 3.63) is 76.6 Å². The molecule has 0 saturated heterocycles. The van der Waals surface area contributed by atoms with E-state index in [9.17, 15) is 9.59 Å². The van der Waals surface area contributed by atoms with Gasteiger partial charge < -0.3 is 14.8 Å². The Balaban J connectivity index is 1.34. The smallest absolute Gasteiger partial charge is 0.251 e. The maximum absolute atomic E-state index is 12.8. The molecule has 0 saturated carbocycles. The van der Waals surface area contributed by atoms with E-state index in [-0.39, 0.29) is 18.4 Å². The number of carbonyl (C=O) groups is 2. The molecule has 1 N–H and O–H groups in total. The minimum Gasteiger partial charge on any atom is -0.345 e. The Morgan fingerprint density at radius 2 is 1.91 bits per heavy atom. The van der Waals surface area contributed by atoms with E-state index in [0.29, 0.717) is 35.4 Å². The molecule has 0 unspecified atom stereocenters. The van der Waals surface area contributed by atoms with Gasteiger partial charge in [0.2, 0.25) is 5.91 Å². The third-order valence-corrected chi connectivity index (χ3v) is 6.56. The van der Waals surface area contributed by atoms with Crippen LogP contribution in [0.15, 0.2) is 53.7 Å². The summed E-state index contributed by atoms with van der Waals surface area (Å²) in [5.41, 5.74) is 4.21. The zero-order chi connectivity index (χ0) is 22.5. The number of carbonyl (C=O) groups excluding carboxylic acids is 2. The van der Waals surface area contributed by atoms with Crippen LogP contribution >= 0.6 is 11.8 Å². The highest BCUT2D eigenvalue weighted by atomic mass is 32.2. The number of benzene rings is 2. The van der Waals surface area contributed by atoms with Gasteiger partial charge in [-0.2, -0.15) is 0 Å². The molecule has 0 aliphatic carbocycles. The number of aryl methyl sites for hydroxylation is 1. The van der Waals surface area contributed by atoms with Crippen molar-refractivity contribution in [1.29, 1.82) is 0 Å². The Kier molecular flexibility index (Phi) is 6.90. The van der Waals surface area contributed by atoms with Gasteiger partial charge in [0.05, 0.1) is 12.3 Å². The number of thioether (sulfide) groups is 1. The molecule has 2 heterocycles. The summed E-state index contributed by atoms with van der Waals surface area (Å²) in [5.74, 6) is 0.949. The second kappa shape index (κ2) is 9.99. The van der Waals surface area contributed by atoms with Gasteiger partial charge in [0.1, 0.15) is 0 Å². The van der Waals surface area contributed by atoms with E-state index >= 15 is 0 Å². The van der Waals surface area contributed by atoms with Crippen LogP contribution in [0.1, 0.15) is 39.8 Å². The summed E-state index contributed by atoms with van der Waals surface area (Å²) < 4.78 is 1.94. The molecule has 7 nitrogen and oxygen atoms in total. The lowest BCUT2D eigenvalue weighted by atomic mass is 10.00. The van der Waals surface area contributed by atoms with Crippen LogP contribution < -0.4 is 5.32 Å². The summed E-state index contributed by atoms with van der Waals surface area (Å²) in [6, 6.07) is 15.8. The van der Waals surface area contributed by atoms with Crippen LogP contribution in [0.25, 0.3) is 0 Å². The minimum atomic E-state index is -0.144. The molecule has 166 valence electrons. The largest absolute Gasteiger partial charge is 0.345 e. The van der Waals surface area contributed by atoms with Crippen molar-refractivity contribution in [3.63, 3.8) is 0 Å². The molecule has 2 amide bonds. The molecule has 8 heteroatoms. The van der Waals surface area contributed by atoms with Gasteiger partial charge >= 0.3 is 0 Å². The van der Waals surface area contributed by atoms with Gasteiger partial charge in [0, 0.05) is 25.2 Å². The predicted molar refractivity (Wildman–Crippen MR) is 124 cm³/mol. The number of hydrogen-bond acceptors (Lipinski definition) is 5. The van der Waals surface area contributed by atoms with Crippen molar-refractivity contribution in [3.8, 4) is 0 Å². The number of amides is 2. The highest BCUT2D eigenvalue weighted by Gasteiger charge is 2.21. The zero-order valence-electron chi connectivity index (χ0n) is 18.4. The quantitative estimate of drug-likeness (QED) is 0.560. The van der Waals surface area contributed by atoms with E-state index in [2.05, 4.69) is 27.6 Å². The highest BCUT2D eigenvalue weighted by molar-refractivity contribution is 7.99. The summed E-state index contributed by atoms with van der Waals surface area (Å²) in [7, 11) is 0. The lowest BCUT2D eigenvalue weighted by Gasteiger charge is -2.28. The van der Waals surface area contributed by atoms with Gasteiger partial charge in [-0.1, -0.05) is 53.7 Å². The van der Waals surface area contributed by atoms with E-state index in [1.165, 1.54) is 22.9 Å². The molecule has 0 atom stereocenters. The first-order valence-electron chi connectivity index (χ1n) is 10.8. The molecule has 2 aromatic carbocycles. The number of aromatic nitrogens is 3. The van der Waals surface area contributed by atoms with Crippen molar-refractivity contribution in [2.24, 2.45) is 0 Å². The fourth-order valence-corrected chi connectivity index (χ4v) is 4.77. The number of nitrogens with one attached hydrogen (secondary N) is 1. The molecule has 0 radical (unpaired) electrons. The summed E-state index contributed by atoms with van der Waals surface area (Å²) in [4.78, 5) is 27.1.